The lowest BCUT2D eigenvalue weighted by molar-refractivity contribution is 0.0534. The molecular weight excluding hydrogens is 234 g/mol. The number of rotatable bonds is 5. The molecule has 0 aromatic heterocycles. The molecule has 2 unspecified atom stereocenters. The van der Waals surface area contributed by atoms with Crippen LogP contribution in [0.1, 0.15) is 38.8 Å². The molecule has 0 bridgehead atoms. The summed E-state index contributed by atoms with van der Waals surface area (Å²) in [6.45, 7) is 6.63. The highest BCUT2D eigenvalue weighted by Crippen LogP contribution is 2.24. The van der Waals surface area contributed by atoms with Crippen molar-refractivity contribution in [3.8, 4) is 0 Å². The van der Waals surface area contributed by atoms with Crippen molar-refractivity contribution in [2.75, 3.05) is 6.54 Å². The zero-order valence-electron chi connectivity index (χ0n) is 12.0. The SMILES string of the molecule is CCC(C)(O)CNC(C)c1cccc2ccccc12. The predicted octanol–water partition coefficient (Wildman–Crippen LogP) is 3.65. The highest BCUT2D eigenvalue weighted by atomic mass is 16.3. The zero-order chi connectivity index (χ0) is 13.9. The minimum Gasteiger partial charge on any atom is -0.389 e. The van der Waals surface area contributed by atoms with E-state index in [-0.39, 0.29) is 6.04 Å². The summed E-state index contributed by atoms with van der Waals surface area (Å²) in [5, 5.41) is 16.0. The van der Waals surface area contributed by atoms with Gasteiger partial charge in [-0.3, -0.25) is 0 Å². The van der Waals surface area contributed by atoms with Crippen LogP contribution in [0, 0.1) is 0 Å². The van der Waals surface area contributed by atoms with Crippen LogP contribution in [0.5, 0.6) is 0 Å². The maximum atomic E-state index is 10.1. The molecule has 0 spiro atoms. The van der Waals surface area contributed by atoms with Crippen molar-refractivity contribution >= 4 is 10.8 Å². The van der Waals surface area contributed by atoms with E-state index in [0.29, 0.717) is 6.54 Å². The largest absolute Gasteiger partial charge is 0.389 e. The third-order valence-corrected chi connectivity index (χ3v) is 3.84. The van der Waals surface area contributed by atoms with Gasteiger partial charge in [-0.15, -0.1) is 0 Å². The molecule has 19 heavy (non-hydrogen) atoms. The summed E-state index contributed by atoms with van der Waals surface area (Å²) in [6.07, 6.45) is 0.752. The lowest BCUT2D eigenvalue weighted by atomic mass is 9.98. The monoisotopic (exact) mass is 257 g/mol. The van der Waals surface area contributed by atoms with Gasteiger partial charge in [0.05, 0.1) is 5.60 Å². The van der Waals surface area contributed by atoms with Gasteiger partial charge in [-0.1, -0.05) is 49.4 Å². The van der Waals surface area contributed by atoms with Crippen LogP contribution in [0.3, 0.4) is 0 Å². The van der Waals surface area contributed by atoms with E-state index < -0.39 is 5.60 Å². The summed E-state index contributed by atoms with van der Waals surface area (Å²) in [7, 11) is 0. The third-order valence-electron chi connectivity index (χ3n) is 3.84. The van der Waals surface area contributed by atoms with Gasteiger partial charge in [-0.25, -0.2) is 0 Å². The van der Waals surface area contributed by atoms with Crippen molar-refractivity contribution < 1.29 is 5.11 Å². The van der Waals surface area contributed by atoms with Crippen LogP contribution in [0.25, 0.3) is 10.8 Å². The van der Waals surface area contributed by atoms with Gasteiger partial charge in [-0.2, -0.15) is 0 Å². The lowest BCUT2D eigenvalue weighted by Crippen LogP contribution is -2.38. The molecule has 0 aliphatic rings. The first kappa shape index (κ1) is 14.0. The van der Waals surface area contributed by atoms with E-state index in [4.69, 9.17) is 0 Å². The Bertz CT molecular complexity index is 542. The first-order chi connectivity index (χ1) is 9.03. The number of fused-ring (bicyclic) bond motifs is 1. The van der Waals surface area contributed by atoms with E-state index in [2.05, 4.69) is 54.7 Å². The molecule has 2 N–H and O–H groups in total. The molecule has 102 valence electrons. The average Bonchev–Trinajstić information content (AvgIpc) is 2.44. The van der Waals surface area contributed by atoms with Crippen LogP contribution in [-0.2, 0) is 0 Å². The van der Waals surface area contributed by atoms with E-state index in [9.17, 15) is 5.11 Å². The fourth-order valence-electron chi connectivity index (χ4n) is 2.24. The first-order valence-electron chi connectivity index (χ1n) is 6.97. The van der Waals surface area contributed by atoms with E-state index in [0.717, 1.165) is 6.42 Å². The Labute approximate surface area is 115 Å². The molecule has 2 aromatic carbocycles. The van der Waals surface area contributed by atoms with Gasteiger partial charge in [0.2, 0.25) is 0 Å². The summed E-state index contributed by atoms with van der Waals surface area (Å²) < 4.78 is 0. The van der Waals surface area contributed by atoms with Crippen molar-refractivity contribution in [2.24, 2.45) is 0 Å². The van der Waals surface area contributed by atoms with Crippen molar-refractivity contribution in [1.82, 2.24) is 5.32 Å². The van der Waals surface area contributed by atoms with Gasteiger partial charge < -0.3 is 10.4 Å². The summed E-state index contributed by atoms with van der Waals surface area (Å²) in [4.78, 5) is 0. The smallest absolute Gasteiger partial charge is 0.0741 e. The van der Waals surface area contributed by atoms with Gasteiger partial charge in [0.15, 0.2) is 0 Å². The molecule has 2 atom stereocenters. The molecule has 0 radical (unpaired) electrons. The van der Waals surface area contributed by atoms with Crippen LogP contribution in [0.15, 0.2) is 42.5 Å². The molecule has 0 amide bonds. The number of aliphatic hydroxyl groups is 1. The molecule has 2 heteroatoms. The standard InChI is InChI=1S/C17H23NO/c1-4-17(3,19)12-18-13(2)15-11-7-9-14-8-5-6-10-16(14)15/h5-11,13,18-19H,4,12H2,1-3H3. The Hall–Kier alpha value is -1.38. The second-order valence-corrected chi connectivity index (χ2v) is 5.52. The zero-order valence-corrected chi connectivity index (χ0v) is 12.0. The highest BCUT2D eigenvalue weighted by molar-refractivity contribution is 5.86. The van der Waals surface area contributed by atoms with Crippen molar-refractivity contribution in [3.05, 3.63) is 48.0 Å². The quantitative estimate of drug-likeness (QED) is 0.857. The van der Waals surface area contributed by atoms with E-state index in [1.165, 1.54) is 16.3 Å². The summed E-state index contributed by atoms with van der Waals surface area (Å²) in [5.41, 5.74) is 0.642. The van der Waals surface area contributed by atoms with Crippen LogP contribution >= 0.6 is 0 Å². The molecule has 0 aliphatic heterocycles. The summed E-state index contributed by atoms with van der Waals surface area (Å²) in [5.74, 6) is 0. The predicted molar refractivity (Wildman–Crippen MR) is 81.3 cm³/mol. The maximum absolute atomic E-state index is 10.1. The normalized spacial score (nSPS) is 16.2. The van der Waals surface area contributed by atoms with E-state index >= 15 is 0 Å². The molecule has 2 rings (SSSR count). The number of nitrogens with one attached hydrogen (secondary N) is 1. The molecule has 2 nitrogen and oxygen atoms in total. The molecular formula is C17H23NO. The fourth-order valence-corrected chi connectivity index (χ4v) is 2.24. The minimum atomic E-state index is -0.640. The summed E-state index contributed by atoms with van der Waals surface area (Å²) >= 11 is 0. The topological polar surface area (TPSA) is 32.3 Å². The van der Waals surface area contributed by atoms with Gasteiger partial charge in [0, 0.05) is 12.6 Å². The van der Waals surface area contributed by atoms with Gasteiger partial charge in [0.1, 0.15) is 0 Å². The van der Waals surface area contributed by atoms with Crippen molar-refractivity contribution in [1.29, 1.82) is 0 Å². The number of benzene rings is 2. The molecule has 2 aromatic rings. The number of hydrogen-bond donors (Lipinski definition) is 2. The van der Waals surface area contributed by atoms with Crippen LogP contribution < -0.4 is 5.32 Å². The van der Waals surface area contributed by atoms with Crippen molar-refractivity contribution in [2.45, 2.75) is 38.8 Å². The fraction of sp³-hybridized carbons (Fsp3) is 0.412. The molecule has 0 saturated heterocycles. The molecule has 0 fully saturated rings. The first-order valence-corrected chi connectivity index (χ1v) is 6.97. The van der Waals surface area contributed by atoms with Gasteiger partial charge >= 0.3 is 0 Å². The van der Waals surface area contributed by atoms with Crippen LogP contribution in [0.4, 0.5) is 0 Å². The highest BCUT2D eigenvalue weighted by Gasteiger charge is 2.19. The maximum Gasteiger partial charge on any atom is 0.0741 e. The van der Waals surface area contributed by atoms with Crippen molar-refractivity contribution in [3.63, 3.8) is 0 Å². The third kappa shape index (κ3) is 3.34. The Morgan fingerprint density at radius 3 is 2.58 bits per heavy atom. The second kappa shape index (κ2) is 5.72. The molecule has 0 saturated carbocycles. The van der Waals surface area contributed by atoms with E-state index in [1.807, 2.05) is 13.8 Å². The van der Waals surface area contributed by atoms with Crippen LogP contribution in [0.2, 0.25) is 0 Å². The Balaban J connectivity index is 2.20. The molecule has 0 heterocycles. The average molecular weight is 257 g/mol. The second-order valence-electron chi connectivity index (χ2n) is 5.52. The Kier molecular flexibility index (Phi) is 4.23. The number of hydrogen-bond acceptors (Lipinski definition) is 2. The molecule has 0 aliphatic carbocycles. The summed E-state index contributed by atoms with van der Waals surface area (Å²) in [6, 6.07) is 15.0. The van der Waals surface area contributed by atoms with Crippen LogP contribution in [-0.4, -0.2) is 17.3 Å². The van der Waals surface area contributed by atoms with Gasteiger partial charge in [-0.05, 0) is 36.6 Å². The Morgan fingerprint density at radius 1 is 1.16 bits per heavy atom. The Morgan fingerprint density at radius 2 is 1.84 bits per heavy atom. The van der Waals surface area contributed by atoms with Gasteiger partial charge in [0.25, 0.3) is 0 Å². The minimum absolute atomic E-state index is 0.226. The van der Waals surface area contributed by atoms with E-state index in [1.54, 1.807) is 0 Å². The lowest BCUT2D eigenvalue weighted by Gasteiger charge is -2.25.